The molecule has 2 fully saturated rings. The van der Waals surface area contributed by atoms with Gasteiger partial charge in [-0.25, -0.2) is 0 Å². The molecule has 2 saturated carbocycles. The first-order valence-corrected chi connectivity index (χ1v) is 8.30. The van der Waals surface area contributed by atoms with E-state index in [1.165, 1.54) is 19.3 Å². The molecule has 0 radical (unpaired) electrons. The minimum Gasteiger partial charge on any atom is -0.389 e. The molecular weight excluding hydrogens is 254 g/mol. The average molecular weight is 285 g/mol. The van der Waals surface area contributed by atoms with Crippen LogP contribution < -0.4 is 5.32 Å². The zero-order valence-corrected chi connectivity index (χ0v) is 12.8. The zero-order valence-electron chi connectivity index (χ0n) is 12.8. The third-order valence-corrected chi connectivity index (χ3v) is 4.81. The fraction of sp³-hybridized carbons (Fsp3) is 1.00. The Hall–Kier alpha value is -0.160. The summed E-state index contributed by atoms with van der Waals surface area (Å²) in [6.07, 6.45) is 7.33. The van der Waals surface area contributed by atoms with Gasteiger partial charge in [0.2, 0.25) is 0 Å². The average Bonchev–Trinajstić information content (AvgIpc) is 3.24. The van der Waals surface area contributed by atoms with E-state index in [2.05, 4.69) is 12.2 Å². The molecule has 4 heteroatoms. The van der Waals surface area contributed by atoms with E-state index in [1.54, 1.807) is 0 Å². The molecule has 0 saturated heterocycles. The highest BCUT2D eigenvalue weighted by atomic mass is 16.5. The number of aliphatic hydroxyl groups excluding tert-OH is 1. The first-order chi connectivity index (χ1) is 9.61. The van der Waals surface area contributed by atoms with Crippen LogP contribution in [0.2, 0.25) is 0 Å². The Morgan fingerprint density at radius 1 is 1.20 bits per heavy atom. The van der Waals surface area contributed by atoms with Crippen LogP contribution in [0.25, 0.3) is 0 Å². The summed E-state index contributed by atoms with van der Waals surface area (Å²) in [5.41, 5.74) is -0.569. The van der Waals surface area contributed by atoms with Crippen molar-refractivity contribution in [3.63, 3.8) is 0 Å². The number of nitrogens with one attached hydrogen (secondary N) is 1. The van der Waals surface area contributed by atoms with Crippen molar-refractivity contribution >= 4 is 0 Å². The van der Waals surface area contributed by atoms with Gasteiger partial charge in [0.1, 0.15) is 0 Å². The summed E-state index contributed by atoms with van der Waals surface area (Å²) in [4.78, 5) is 0. The second kappa shape index (κ2) is 7.74. The van der Waals surface area contributed by atoms with Crippen molar-refractivity contribution in [2.75, 3.05) is 26.3 Å². The van der Waals surface area contributed by atoms with Gasteiger partial charge in [-0.2, -0.15) is 0 Å². The Bertz CT molecular complexity index is 273. The second-order valence-electron chi connectivity index (χ2n) is 6.84. The number of ether oxygens (including phenoxy) is 1. The highest BCUT2D eigenvalue weighted by Gasteiger charge is 2.32. The third-order valence-electron chi connectivity index (χ3n) is 4.81. The van der Waals surface area contributed by atoms with Crippen LogP contribution in [-0.2, 0) is 4.74 Å². The topological polar surface area (TPSA) is 61.7 Å². The van der Waals surface area contributed by atoms with E-state index in [9.17, 15) is 10.2 Å². The number of hydrogen-bond donors (Lipinski definition) is 3. The van der Waals surface area contributed by atoms with E-state index >= 15 is 0 Å². The van der Waals surface area contributed by atoms with Gasteiger partial charge in [-0.1, -0.05) is 13.3 Å². The minimum atomic E-state index is -0.569. The molecule has 1 atom stereocenters. The highest BCUT2D eigenvalue weighted by molar-refractivity contribution is 4.87. The molecule has 0 aliphatic heterocycles. The van der Waals surface area contributed by atoms with Crippen molar-refractivity contribution in [3.05, 3.63) is 0 Å². The monoisotopic (exact) mass is 285 g/mol. The summed E-state index contributed by atoms with van der Waals surface area (Å²) in [6, 6.07) is 0. The van der Waals surface area contributed by atoms with E-state index < -0.39 is 11.7 Å². The number of rotatable bonds is 9. The molecule has 0 bridgehead atoms. The fourth-order valence-electron chi connectivity index (χ4n) is 2.99. The summed E-state index contributed by atoms with van der Waals surface area (Å²) < 4.78 is 5.46. The largest absolute Gasteiger partial charge is 0.389 e. The van der Waals surface area contributed by atoms with Crippen molar-refractivity contribution in [2.45, 2.75) is 63.6 Å². The lowest BCUT2D eigenvalue weighted by molar-refractivity contribution is -0.0142. The Labute approximate surface area is 122 Å². The first kappa shape index (κ1) is 16.2. The molecule has 3 N–H and O–H groups in total. The van der Waals surface area contributed by atoms with Crippen LogP contribution in [-0.4, -0.2) is 48.2 Å². The Morgan fingerprint density at radius 2 is 1.90 bits per heavy atom. The van der Waals surface area contributed by atoms with Crippen molar-refractivity contribution in [1.82, 2.24) is 5.32 Å². The molecule has 0 amide bonds. The van der Waals surface area contributed by atoms with Gasteiger partial charge < -0.3 is 20.3 Å². The molecule has 4 nitrogen and oxygen atoms in total. The molecule has 1 unspecified atom stereocenters. The van der Waals surface area contributed by atoms with Crippen LogP contribution in [0.4, 0.5) is 0 Å². The van der Waals surface area contributed by atoms with Crippen molar-refractivity contribution in [1.29, 1.82) is 0 Å². The van der Waals surface area contributed by atoms with Gasteiger partial charge in [0.15, 0.2) is 0 Å². The minimum absolute atomic E-state index is 0.403. The maximum Gasteiger partial charge on any atom is 0.0897 e. The standard InChI is InChI=1S/C16H31NO3/c1-2-13-5-7-16(19,8-6-13)12-17-9-15(18)11-20-10-14-3-4-14/h13-15,17-19H,2-12H2,1H3. The Morgan fingerprint density at radius 3 is 2.50 bits per heavy atom. The van der Waals surface area contributed by atoms with Gasteiger partial charge in [-0.3, -0.25) is 0 Å². The van der Waals surface area contributed by atoms with Gasteiger partial charge in [-0.15, -0.1) is 0 Å². The molecule has 2 aliphatic carbocycles. The smallest absolute Gasteiger partial charge is 0.0897 e. The predicted octanol–water partition coefficient (Wildman–Crippen LogP) is 1.69. The van der Waals surface area contributed by atoms with E-state index in [1.807, 2.05) is 0 Å². The quantitative estimate of drug-likeness (QED) is 0.603. The molecule has 2 rings (SSSR count). The summed E-state index contributed by atoms with van der Waals surface area (Å²) in [6.45, 7) is 4.51. The van der Waals surface area contributed by atoms with Gasteiger partial charge >= 0.3 is 0 Å². The van der Waals surface area contributed by atoms with E-state index in [0.29, 0.717) is 19.7 Å². The normalized spacial score (nSPS) is 32.2. The summed E-state index contributed by atoms with van der Waals surface area (Å²) in [7, 11) is 0. The lowest BCUT2D eigenvalue weighted by atomic mass is 9.78. The molecular formula is C16H31NO3. The van der Waals surface area contributed by atoms with Gasteiger partial charge in [0, 0.05) is 19.7 Å². The van der Waals surface area contributed by atoms with Crippen molar-refractivity contribution in [3.8, 4) is 0 Å². The van der Waals surface area contributed by atoms with E-state index in [0.717, 1.165) is 44.1 Å². The summed E-state index contributed by atoms with van der Waals surface area (Å²) >= 11 is 0. The SMILES string of the molecule is CCC1CCC(O)(CNCC(O)COCC2CC2)CC1. The predicted molar refractivity (Wildman–Crippen MR) is 79.6 cm³/mol. The van der Waals surface area contributed by atoms with Crippen molar-refractivity contribution in [2.24, 2.45) is 11.8 Å². The van der Waals surface area contributed by atoms with Crippen LogP contribution in [0.3, 0.4) is 0 Å². The van der Waals surface area contributed by atoms with Gasteiger partial charge in [0.05, 0.1) is 18.3 Å². The fourth-order valence-corrected chi connectivity index (χ4v) is 2.99. The van der Waals surface area contributed by atoms with Crippen LogP contribution >= 0.6 is 0 Å². The Kier molecular flexibility index (Phi) is 6.27. The lowest BCUT2D eigenvalue weighted by Gasteiger charge is -2.36. The third kappa shape index (κ3) is 5.68. The molecule has 118 valence electrons. The van der Waals surface area contributed by atoms with E-state index in [-0.39, 0.29) is 0 Å². The van der Waals surface area contributed by atoms with Gasteiger partial charge in [0.25, 0.3) is 0 Å². The molecule has 0 spiro atoms. The van der Waals surface area contributed by atoms with Crippen LogP contribution in [0.5, 0.6) is 0 Å². The highest BCUT2D eigenvalue weighted by Crippen LogP contribution is 2.33. The maximum absolute atomic E-state index is 10.5. The first-order valence-electron chi connectivity index (χ1n) is 8.30. The molecule has 2 aliphatic rings. The Balaban J connectivity index is 1.52. The summed E-state index contributed by atoms with van der Waals surface area (Å²) in [5.74, 6) is 1.53. The molecule has 0 aromatic rings. The second-order valence-corrected chi connectivity index (χ2v) is 6.84. The molecule has 0 aromatic heterocycles. The van der Waals surface area contributed by atoms with Crippen LogP contribution in [0.15, 0.2) is 0 Å². The van der Waals surface area contributed by atoms with Crippen molar-refractivity contribution < 1.29 is 14.9 Å². The molecule has 0 heterocycles. The van der Waals surface area contributed by atoms with Gasteiger partial charge in [-0.05, 0) is 50.4 Å². The lowest BCUT2D eigenvalue weighted by Crippen LogP contribution is -2.45. The molecule has 20 heavy (non-hydrogen) atoms. The zero-order chi connectivity index (χ0) is 14.4. The van der Waals surface area contributed by atoms with Crippen LogP contribution in [0, 0.1) is 11.8 Å². The van der Waals surface area contributed by atoms with E-state index in [4.69, 9.17) is 4.74 Å². The molecule has 0 aromatic carbocycles. The number of aliphatic hydroxyl groups is 2. The number of hydrogen-bond acceptors (Lipinski definition) is 4. The van der Waals surface area contributed by atoms with Crippen LogP contribution in [0.1, 0.15) is 51.9 Å². The maximum atomic E-state index is 10.5. The summed E-state index contributed by atoms with van der Waals surface area (Å²) in [5, 5.41) is 23.5.